The maximum atomic E-state index is 11.9. The number of allylic oxidation sites excluding steroid dienone is 2. The third-order valence-electron chi connectivity index (χ3n) is 6.86. The van der Waals surface area contributed by atoms with Gasteiger partial charge in [-0.25, -0.2) is 4.79 Å². The highest BCUT2D eigenvalue weighted by Crippen LogP contribution is 2.15. The van der Waals surface area contributed by atoms with Crippen molar-refractivity contribution >= 4 is 6.09 Å². The Labute approximate surface area is 305 Å². The summed E-state index contributed by atoms with van der Waals surface area (Å²) in [6, 6.07) is 0. The maximum Gasteiger partial charge on any atom is 0.407 e. The molecule has 1 aliphatic rings. The number of carbonyl (C=O) groups excluding carboxylic acids is 1. The van der Waals surface area contributed by atoms with Crippen LogP contribution in [0.4, 0.5) is 4.79 Å². The van der Waals surface area contributed by atoms with E-state index in [1.54, 1.807) is 0 Å². The molecule has 1 unspecified atom stereocenters. The summed E-state index contributed by atoms with van der Waals surface area (Å²) in [5.74, 6) is 0. The molecular weight excluding hydrogens is 672 g/mol. The van der Waals surface area contributed by atoms with Crippen LogP contribution in [0.5, 0.6) is 0 Å². The van der Waals surface area contributed by atoms with Crippen LogP contribution in [0.1, 0.15) is 32.1 Å². The van der Waals surface area contributed by atoms with Gasteiger partial charge in [0, 0.05) is 13.1 Å². The van der Waals surface area contributed by atoms with Crippen molar-refractivity contribution in [3.05, 3.63) is 12.2 Å². The molecule has 0 saturated heterocycles. The average Bonchev–Trinajstić information content (AvgIpc) is 3.12. The Kier molecular flexibility index (Phi) is 38.4. The molecule has 0 bridgehead atoms. The summed E-state index contributed by atoms with van der Waals surface area (Å²) >= 11 is 0. The van der Waals surface area contributed by atoms with Crippen LogP contribution in [-0.2, 0) is 61.6 Å². The van der Waals surface area contributed by atoms with Crippen molar-refractivity contribution in [1.29, 1.82) is 0 Å². The van der Waals surface area contributed by atoms with Crippen molar-refractivity contribution in [2.75, 3.05) is 172 Å². The van der Waals surface area contributed by atoms with E-state index in [-0.39, 0.29) is 12.2 Å². The van der Waals surface area contributed by atoms with Gasteiger partial charge in [-0.3, -0.25) is 0 Å². The second kappa shape index (κ2) is 41.2. The number of alkyl carbamates (subject to hydrolysis) is 1. The van der Waals surface area contributed by atoms with Crippen molar-refractivity contribution in [1.82, 2.24) is 5.32 Å². The van der Waals surface area contributed by atoms with Gasteiger partial charge >= 0.3 is 6.09 Å². The van der Waals surface area contributed by atoms with Crippen molar-refractivity contribution < 1.29 is 66.4 Å². The Morgan fingerprint density at radius 3 is 1.12 bits per heavy atom. The van der Waals surface area contributed by atoms with Gasteiger partial charge in [0.2, 0.25) is 0 Å². The highest BCUT2D eigenvalue weighted by atomic mass is 16.6. The molecule has 16 heteroatoms. The minimum Gasteiger partial charge on any atom is -0.446 e. The molecule has 1 rings (SSSR count). The number of hydrogen-bond acceptors (Lipinski definition) is 15. The molecular formula is C35H68N2O14. The van der Waals surface area contributed by atoms with Gasteiger partial charge in [-0.15, -0.1) is 0 Å². The standard InChI is InChI=1S/C35H68N2O14/c36-8-10-39-12-14-41-16-18-43-20-22-45-24-26-47-28-30-49-32-33-50-31-29-48-27-25-46-23-21-44-19-17-42-15-13-40-11-9-37-35(38)51-34-6-4-2-1-3-5-7-34/h1-2,34H,3-33,36H2,(H,37,38)/b2-1+. The lowest BCUT2D eigenvalue weighted by Crippen LogP contribution is -2.31. The predicted octanol–water partition coefficient (Wildman–Crippen LogP) is 1.76. The molecule has 16 nitrogen and oxygen atoms in total. The molecule has 0 aromatic heterocycles. The summed E-state index contributed by atoms with van der Waals surface area (Å²) in [7, 11) is 0. The Morgan fingerprint density at radius 2 is 0.765 bits per heavy atom. The predicted molar refractivity (Wildman–Crippen MR) is 189 cm³/mol. The largest absolute Gasteiger partial charge is 0.446 e. The Hall–Kier alpha value is -1.51. The van der Waals surface area contributed by atoms with Gasteiger partial charge in [0.05, 0.1) is 159 Å². The van der Waals surface area contributed by atoms with Gasteiger partial charge in [-0.2, -0.15) is 0 Å². The van der Waals surface area contributed by atoms with Crippen LogP contribution < -0.4 is 11.1 Å². The van der Waals surface area contributed by atoms with Crippen molar-refractivity contribution in [2.45, 2.75) is 38.2 Å². The zero-order chi connectivity index (χ0) is 36.4. The molecule has 3 N–H and O–H groups in total. The minimum absolute atomic E-state index is 0.00839. The summed E-state index contributed by atoms with van der Waals surface area (Å²) in [6.07, 6.45) is 8.80. The molecule has 0 aromatic carbocycles. The van der Waals surface area contributed by atoms with Crippen LogP contribution in [0.2, 0.25) is 0 Å². The van der Waals surface area contributed by atoms with Gasteiger partial charge in [0.1, 0.15) is 6.10 Å². The number of nitrogens with one attached hydrogen (secondary N) is 1. The van der Waals surface area contributed by atoms with Crippen LogP contribution in [-0.4, -0.2) is 184 Å². The number of carbonyl (C=O) groups is 1. The fraction of sp³-hybridized carbons (Fsp3) is 0.914. The van der Waals surface area contributed by atoms with E-state index < -0.39 is 0 Å². The topological polar surface area (TPSA) is 175 Å². The first-order valence-corrected chi connectivity index (χ1v) is 18.6. The van der Waals surface area contributed by atoms with Gasteiger partial charge < -0.3 is 72.6 Å². The Balaban J connectivity index is 1.64. The zero-order valence-electron chi connectivity index (χ0n) is 30.9. The number of ether oxygens (including phenoxy) is 13. The van der Waals surface area contributed by atoms with E-state index in [0.717, 1.165) is 32.1 Å². The van der Waals surface area contributed by atoms with Gasteiger partial charge in [0.25, 0.3) is 0 Å². The van der Waals surface area contributed by atoms with Crippen LogP contribution in [0.15, 0.2) is 12.2 Å². The molecule has 0 spiro atoms. The van der Waals surface area contributed by atoms with Crippen molar-refractivity contribution in [3.63, 3.8) is 0 Å². The summed E-state index contributed by atoms with van der Waals surface area (Å²) in [5.41, 5.74) is 5.33. The molecule has 1 atom stereocenters. The monoisotopic (exact) mass is 740 g/mol. The van der Waals surface area contributed by atoms with Crippen LogP contribution in [0.25, 0.3) is 0 Å². The van der Waals surface area contributed by atoms with E-state index >= 15 is 0 Å². The molecule has 0 aromatic rings. The van der Waals surface area contributed by atoms with Gasteiger partial charge in [-0.05, 0) is 32.1 Å². The molecule has 1 aliphatic carbocycles. The lowest BCUT2D eigenvalue weighted by molar-refractivity contribution is -0.0282. The van der Waals surface area contributed by atoms with Gasteiger partial charge in [0.15, 0.2) is 0 Å². The third-order valence-corrected chi connectivity index (χ3v) is 6.86. The van der Waals surface area contributed by atoms with E-state index in [9.17, 15) is 4.79 Å². The molecule has 0 aliphatic heterocycles. The summed E-state index contributed by atoms with van der Waals surface area (Å²) in [6.45, 7) is 12.9. The molecule has 302 valence electrons. The van der Waals surface area contributed by atoms with E-state index in [4.69, 9.17) is 67.3 Å². The highest BCUT2D eigenvalue weighted by molar-refractivity contribution is 5.67. The minimum atomic E-state index is -0.377. The maximum absolute atomic E-state index is 11.9. The number of hydrogen-bond donors (Lipinski definition) is 2. The number of rotatable bonds is 39. The van der Waals surface area contributed by atoms with E-state index in [0.29, 0.717) is 172 Å². The first-order chi connectivity index (χ1) is 25.3. The first kappa shape index (κ1) is 47.5. The van der Waals surface area contributed by atoms with Crippen molar-refractivity contribution in [2.24, 2.45) is 5.73 Å². The highest BCUT2D eigenvalue weighted by Gasteiger charge is 2.14. The second-order valence-electron chi connectivity index (χ2n) is 11.1. The lowest BCUT2D eigenvalue weighted by Gasteiger charge is -2.18. The normalized spacial score (nSPS) is 15.4. The van der Waals surface area contributed by atoms with Crippen molar-refractivity contribution in [3.8, 4) is 0 Å². The molecule has 0 radical (unpaired) electrons. The van der Waals surface area contributed by atoms with Crippen LogP contribution in [0.3, 0.4) is 0 Å². The fourth-order valence-corrected chi connectivity index (χ4v) is 4.27. The fourth-order valence-electron chi connectivity index (χ4n) is 4.27. The van der Waals surface area contributed by atoms with E-state index in [2.05, 4.69) is 17.5 Å². The Bertz CT molecular complexity index is 741. The molecule has 51 heavy (non-hydrogen) atoms. The Morgan fingerprint density at radius 1 is 0.451 bits per heavy atom. The SMILES string of the molecule is NCCOCCOCCOCCOCCOCCOCCOCCOCCOCCOCCOCCOCCNC(=O)OC1CC/C=C/CCC1. The van der Waals surface area contributed by atoms with E-state index in [1.807, 2.05) is 0 Å². The summed E-state index contributed by atoms with van der Waals surface area (Å²) in [5, 5.41) is 2.74. The molecule has 1 amide bonds. The van der Waals surface area contributed by atoms with Gasteiger partial charge in [-0.1, -0.05) is 12.2 Å². The summed E-state index contributed by atoms with van der Waals surface area (Å²) < 4.78 is 70.8. The van der Waals surface area contributed by atoms with Crippen LogP contribution in [0, 0.1) is 0 Å². The first-order valence-electron chi connectivity index (χ1n) is 18.6. The smallest absolute Gasteiger partial charge is 0.407 e. The number of nitrogens with two attached hydrogens (primary N) is 1. The average molecular weight is 741 g/mol. The molecule has 0 heterocycles. The molecule has 0 saturated carbocycles. The number of amides is 1. The zero-order valence-corrected chi connectivity index (χ0v) is 30.9. The quantitative estimate of drug-likeness (QED) is 0.0689. The van der Waals surface area contributed by atoms with E-state index in [1.165, 1.54) is 0 Å². The third kappa shape index (κ3) is 38.0. The second-order valence-corrected chi connectivity index (χ2v) is 11.1. The summed E-state index contributed by atoms with van der Waals surface area (Å²) in [4.78, 5) is 11.9. The van der Waals surface area contributed by atoms with Crippen LogP contribution >= 0.6 is 0 Å². The lowest BCUT2D eigenvalue weighted by atomic mass is 10.0. The molecule has 0 fully saturated rings.